The number of hydrogen-bond donors (Lipinski definition) is 1. The van der Waals surface area contributed by atoms with Gasteiger partial charge in [0, 0.05) is 11.8 Å². The maximum absolute atomic E-state index is 12.1. The van der Waals surface area contributed by atoms with E-state index in [1.165, 1.54) is 11.3 Å². The molecule has 2 rings (SSSR count). The quantitative estimate of drug-likeness (QED) is 0.795. The lowest BCUT2D eigenvalue weighted by molar-refractivity contribution is -0.117. The second-order valence-corrected chi connectivity index (χ2v) is 5.87. The van der Waals surface area contributed by atoms with Crippen molar-refractivity contribution >= 4 is 22.9 Å². The third-order valence-corrected chi connectivity index (χ3v) is 3.71. The van der Waals surface area contributed by atoms with Gasteiger partial charge in [-0.3, -0.25) is 9.69 Å². The molecule has 1 heterocycles. The second-order valence-electron chi connectivity index (χ2n) is 4.85. The van der Waals surface area contributed by atoms with Crippen LogP contribution in [0.3, 0.4) is 0 Å². The fourth-order valence-corrected chi connectivity index (χ4v) is 2.74. The Morgan fingerprint density at radius 1 is 1.39 bits per heavy atom. The average molecular weight is 336 g/mol. The van der Waals surface area contributed by atoms with Crippen molar-refractivity contribution in [3.8, 4) is 10.9 Å². The predicted octanol–water partition coefficient (Wildman–Crippen LogP) is 2.02. The first-order valence-corrected chi connectivity index (χ1v) is 8.00. The Morgan fingerprint density at radius 3 is 2.96 bits per heavy atom. The standard InChI is InChI=1S/C15H20N4O3S/c1-4-22-15-18-17-14(23-15)10-19(2)9-13(20)16-11-6-5-7-12(8-11)21-3/h5-8H,4,9-10H2,1-3H3,(H,16,20). The van der Waals surface area contributed by atoms with Crippen LogP contribution in [0.15, 0.2) is 24.3 Å². The number of anilines is 1. The van der Waals surface area contributed by atoms with Gasteiger partial charge in [0.25, 0.3) is 5.19 Å². The Hall–Kier alpha value is -2.19. The number of ether oxygens (including phenoxy) is 2. The van der Waals surface area contributed by atoms with Crippen molar-refractivity contribution < 1.29 is 14.3 Å². The molecule has 0 radical (unpaired) electrons. The van der Waals surface area contributed by atoms with E-state index in [0.717, 1.165) is 5.01 Å². The third kappa shape index (κ3) is 5.50. The van der Waals surface area contributed by atoms with Crippen LogP contribution < -0.4 is 14.8 Å². The summed E-state index contributed by atoms with van der Waals surface area (Å²) in [5, 5.41) is 12.2. The smallest absolute Gasteiger partial charge is 0.294 e. The molecular weight excluding hydrogens is 316 g/mol. The minimum Gasteiger partial charge on any atom is -0.497 e. The number of rotatable bonds is 8. The molecule has 0 atom stereocenters. The van der Waals surface area contributed by atoms with Crippen LogP contribution >= 0.6 is 11.3 Å². The zero-order valence-corrected chi connectivity index (χ0v) is 14.2. The van der Waals surface area contributed by atoms with Crippen LogP contribution in [0.4, 0.5) is 5.69 Å². The summed E-state index contributed by atoms with van der Waals surface area (Å²) in [5.41, 5.74) is 0.706. The lowest BCUT2D eigenvalue weighted by atomic mass is 10.3. The van der Waals surface area contributed by atoms with Gasteiger partial charge >= 0.3 is 0 Å². The SMILES string of the molecule is CCOc1nnc(CN(C)CC(=O)Nc2cccc(OC)c2)s1. The van der Waals surface area contributed by atoms with Crippen LogP contribution in [0.1, 0.15) is 11.9 Å². The highest BCUT2D eigenvalue weighted by Gasteiger charge is 2.11. The number of amides is 1. The van der Waals surface area contributed by atoms with E-state index in [2.05, 4.69) is 15.5 Å². The second kappa shape index (κ2) is 8.44. The highest BCUT2D eigenvalue weighted by molar-refractivity contribution is 7.13. The van der Waals surface area contributed by atoms with Crippen molar-refractivity contribution in [1.82, 2.24) is 15.1 Å². The molecule has 0 fully saturated rings. The van der Waals surface area contributed by atoms with Crippen LogP contribution in [-0.4, -0.2) is 48.3 Å². The van der Waals surface area contributed by atoms with Gasteiger partial charge in [0.2, 0.25) is 5.91 Å². The molecule has 0 saturated heterocycles. The van der Waals surface area contributed by atoms with E-state index in [1.807, 2.05) is 37.1 Å². The number of likely N-dealkylation sites (N-methyl/N-ethyl adjacent to an activating group) is 1. The summed E-state index contributed by atoms with van der Waals surface area (Å²) in [5.74, 6) is 0.601. The lowest BCUT2D eigenvalue weighted by Crippen LogP contribution is -2.29. The van der Waals surface area contributed by atoms with Crippen LogP contribution in [0.25, 0.3) is 0 Å². The minimum atomic E-state index is -0.102. The van der Waals surface area contributed by atoms with Gasteiger partial charge in [-0.1, -0.05) is 17.4 Å². The summed E-state index contributed by atoms with van der Waals surface area (Å²) in [6.07, 6.45) is 0. The summed E-state index contributed by atoms with van der Waals surface area (Å²) in [4.78, 5) is 13.9. The molecule has 1 amide bonds. The van der Waals surface area contributed by atoms with Gasteiger partial charge < -0.3 is 14.8 Å². The molecule has 0 bridgehead atoms. The maximum Gasteiger partial charge on any atom is 0.294 e. The van der Waals surface area contributed by atoms with Gasteiger partial charge in [-0.2, -0.15) is 0 Å². The summed E-state index contributed by atoms with van der Waals surface area (Å²) in [7, 11) is 3.44. The molecular formula is C15H20N4O3S. The Balaban J connectivity index is 1.83. The number of benzene rings is 1. The van der Waals surface area contributed by atoms with Gasteiger partial charge in [0.05, 0.1) is 26.8 Å². The van der Waals surface area contributed by atoms with Crippen LogP contribution in [-0.2, 0) is 11.3 Å². The van der Waals surface area contributed by atoms with Crippen molar-refractivity contribution in [2.75, 3.05) is 32.6 Å². The molecule has 23 heavy (non-hydrogen) atoms. The van der Waals surface area contributed by atoms with Gasteiger partial charge in [-0.15, -0.1) is 10.2 Å². The molecule has 0 aliphatic heterocycles. The highest BCUT2D eigenvalue weighted by atomic mass is 32.1. The molecule has 1 aromatic carbocycles. The van der Waals surface area contributed by atoms with Crippen LogP contribution in [0, 0.1) is 0 Å². The highest BCUT2D eigenvalue weighted by Crippen LogP contribution is 2.19. The van der Waals surface area contributed by atoms with E-state index < -0.39 is 0 Å². The largest absolute Gasteiger partial charge is 0.497 e. The number of carbonyl (C=O) groups is 1. The van der Waals surface area contributed by atoms with Crippen molar-refractivity contribution in [1.29, 1.82) is 0 Å². The molecule has 0 spiro atoms. The Kier molecular flexibility index (Phi) is 6.30. The molecule has 0 unspecified atom stereocenters. The molecule has 1 aromatic heterocycles. The summed E-state index contributed by atoms with van der Waals surface area (Å²) in [6.45, 7) is 3.25. The predicted molar refractivity (Wildman–Crippen MR) is 89.0 cm³/mol. The first-order valence-electron chi connectivity index (χ1n) is 7.18. The van der Waals surface area contributed by atoms with E-state index in [1.54, 1.807) is 13.2 Å². The monoisotopic (exact) mass is 336 g/mol. The molecule has 2 aromatic rings. The van der Waals surface area contributed by atoms with E-state index >= 15 is 0 Å². The minimum absolute atomic E-state index is 0.102. The van der Waals surface area contributed by atoms with Gasteiger partial charge in [-0.25, -0.2) is 0 Å². The zero-order valence-electron chi connectivity index (χ0n) is 13.4. The van der Waals surface area contributed by atoms with Gasteiger partial charge in [0.15, 0.2) is 0 Å². The molecule has 1 N–H and O–H groups in total. The lowest BCUT2D eigenvalue weighted by Gasteiger charge is -2.14. The Labute approximate surface area is 139 Å². The molecule has 0 aliphatic carbocycles. The van der Waals surface area contributed by atoms with Crippen molar-refractivity contribution in [2.24, 2.45) is 0 Å². The van der Waals surface area contributed by atoms with Gasteiger partial charge in [0.1, 0.15) is 10.8 Å². The first-order chi connectivity index (χ1) is 11.1. The maximum atomic E-state index is 12.1. The Morgan fingerprint density at radius 2 is 2.22 bits per heavy atom. The number of aromatic nitrogens is 2. The zero-order chi connectivity index (χ0) is 16.7. The van der Waals surface area contributed by atoms with E-state index in [0.29, 0.717) is 29.8 Å². The molecule has 0 aliphatic rings. The first kappa shape index (κ1) is 17.2. The van der Waals surface area contributed by atoms with Crippen LogP contribution in [0.2, 0.25) is 0 Å². The Bertz CT molecular complexity index is 647. The fourth-order valence-electron chi connectivity index (χ4n) is 1.92. The average Bonchev–Trinajstić information content (AvgIpc) is 2.94. The molecule has 8 heteroatoms. The van der Waals surface area contributed by atoms with E-state index in [9.17, 15) is 4.79 Å². The van der Waals surface area contributed by atoms with Gasteiger partial charge in [-0.05, 0) is 26.1 Å². The van der Waals surface area contributed by atoms with Crippen molar-refractivity contribution in [2.45, 2.75) is 13.5 Å². The number of carbonyl (C=O) groups excluding carboxylic acids is 1. The summed E-state index contributed by atoms with van der Waals surface area (Å²) in [6, 6.07) is 7.25. The van der Waals surface area contributed by atoms with E-state index in [4.69, 9.17) is 9.47 Å². The van der Waals surface area contributed by atoms with Crippen molar-refractivity contribution in [3.63, 3.8) is 0 Å². The molecule has 7 nitrogen and oxygen atoms in total. The number of nitrogens with one attached hydrogen (secondary N) is 1. The van der Waals surface area contributed by atoms with Crippen molar-refractivity contribution in [3.05, 3.63) is 29.3 Å². The molecule has 124 valence electrons. The number of hydrogen-bond acceptors (Lipinski definition) is 7. The topological polar surface area (TPSA) is 76.6 Å². The third-order valence-electron chi connectivity index (χ3n) is 2.89. The van der Waals surface area contributed by atoms with E-state index in [-0.39, 0.29) is 12.5 Å². The number of nitrogens with zero attached hydrogens (tertiary/aromatic N) is 3. The fraction of sp³-hybridized carbons (Fsp3) is 0.400. The number of methoxy groups -OCH3 is 1. The summed E-state index contributed by atoms with van der Waals surface area (Å²) < 4.78 is 10.4. The molecule has 0 saturated carbocycles. The van der Waals surface area contributed by atoms with Crippen LogP contribution in [0.5, 0.6) is 10.9 Å². The normalized spacial score (nSPS) is 10.6. The summed E-state index contributed by atoms with van der Waals surface area (Å²) >= 11 is 1.39.